The summed E-state index contributed by atoms with van der Waals surface area (Å²) in [5, 5.41) is 14.7. The number of amides is 1. The Morgan fingerprint density at radius 3 is 2.50 bits per heavy atom. The van der Waals surface area contributed by atoms with Crippen LogP contribution in [0.4, 0.5) is 5.69 Å². The van der Waals surface area contributed by atoms with E-state index in [0.29, 0.717) is 5.56 Å². The van der Waals surface area contributed by atoms with Crippen LogP contribution in [-0.2, 0) is 0 Å². The normalized spacial score (nSPS) is 11.0. The molecule has 142 valence electrons. The Labute approximate surface area is 170 Å². The van der Waals surface area contributed by atoms with Gasteiger partial charge in [-0.25, -0.2) is 5.43 Å². The van der Waals surface area contributed by atoms with Crippen LogP contribution in [0.5, 0.6) is 0 Å². The summed E-state index contributed by atoms with van der Waals surface area (Å²) in [6, 6.07) is 15.2. The Bertz CT molecular complexity index is 1070. The van der Waals surface area contributed by atoms with Crippen LogP contribution in [0.2, 0.25) is 0 Å². The molecule has 0 unspecified atom stereocenters. The maximum absolute atomic E-state index is 12.1. The highest BCUT2D eigenvalue weighted by Crippen LogP contribution is 2.26. The lowest BCUT2D eigenvalue weighted by Gasteiger charge is -2.11. The number of nitro benzene ring substituents is 1. The van der Waals surface area contributed by atoms with Gasteiger partial charge in [0, 0.05) is 39.1 Å². The van der Waals surface area contributed by atoms with Crippen molar-refractivity contribution >= 4 is 33.7 Å². The number of hydrogen-bond acceptors (Lipinski definition) is 4. The maximum Gasteiger partial charge on any atom is 0.271 e. The molecule has 0 aliphatic heterocycles. The molecule has 1 N–H and O–H groups in total. The van der Waals surface area contributed by atoms with E-state index < -0.39 is 10.8 Å². The summed E-state index contributed by atoms with van der Waals surface area (Å²) in [6.45, 7) is 3.98. The van der Waals surface area contributed by atoms with Gasteiger partial charge in [-0.05, 0) is 60.1 Å². The van der Waals surface area contributed by atoms with E-state index in [0.717, 1.165) is 27.1 Å². The van der Waals surface area contributed by atoms with E-state index in [4.69, 9.17) is 0 Å². The van der Waals surface area contributed by atoms with Gasteiger partial charge in [-0.15, -0.1) is 0 Å². The van der Waals surface area contributed by atoms with Crippen LogP contribution >= 0.6 is 15.9 Å². The number of carbonyl (C=O) groups excluding carboxylic acids is 1. The molecule has 0 aliphatic carbocycles. The zero-order chi connectivity index (χ0) is 20.3. The van der Waals surface area contributed by atoms with Crippen LogP contribution in [0, 0.1) is 24.0 Å². The minimum Gasteiger partial charge on any atom is -0.317 e. The summed E-state index contributed by atoms with van der Waals surface area (Å²) in [6.07, 6.45) is 1.58. The largest absolute Gasteiger partial charge is 0.317 e. The number of non-ortho nitro benzene ring substituents is 1. The summed E-state index contributed by atoms with van der Waals surface area (Å²) < 4.78 is 3.08. The Hall–Kier alpha value is -3.26. The molecular weight excluding hydrogens is 424 g/mol. The zero-order valence-corrected chi connectivity index (χ0v) is 16.8. The van der Waals surface area contributed by atoms with Crippen LogP contribution in [0.25, 0.3) is 5.69 Å². The summed E-state index contributed by atoms with van der Waals surface area (Å²) in [4.78, 5) is 22.3. The highest BCUT2D eigenvalue weighted by atomic mass is 79.9. The number of aromatic nitrogens is 1. The topological polar surface area (TPSA) is 89.5 Å². The summed E-state index contributed by atoms with van der Waals surface area (Å²) >= 11 is 3.57. The Morgan fingerprint density at radius 2 is 1.86 bits per heavy atom. The van der Waals surface area contributed by atoms with Crippen molar-refractivity contribution in [1.29, 1.82) is 0 Å². The molecular formula is C20H17BrN4O3. The van der Waals surface area contributed by atoms with Crippen LogP contribution in [0.1, 0.15) is 27.3 Å². The molecule has 8 heteroatoms. The third kappa shape index (κ3) is 4.01. The number of benzene rings is 2. The predicted molar refractivity (Wildman–Crippen MR) is 111 cm³/mol. The third-order valence-electron chi connectivity index (χ3n) is 4.27. The van der Waals surface area contributed by atoms with E-state index in [1.165, 1.54) is 24.3 Å². The molecule has 0 saturated heterocycles. The van der Waals surface area contributed by atoms with Crippen LogP contribution < -0.4 is 5.43 Å². The fourth-order valence-electron chi connectivity index (χ4n) is 2.88. The first kappa shape index (κ1) is 19.5. The van der Waals surface area contributed by atoms with Gasteiger partial charge in [0.15, 0.2) is 0 Å². The van der Waals surface area contributed by atoms with Crippen LogP contribution in [0.3, 0.4) is 0 Å². The average molecular weight is 441 g/mol. The highest BCUT2D eigenvalue weighted by molar-refractivity contribution is 9.10. The number of hydrazone groups is 1. The Kier molecular flexibility index (Phi) is 5.70. The number of halogens is 1. The van der Waals surface area contributed by atoms with E-state index in [-0.39, 0.29) is 5.69 Å². The lowest BCUT2D eigenvalue weighted by molar-refractivity contribution is -0.384. The fraction of sp³-hybridized carbons (Fsp3) is 0.100. The van der Waals surface area contributed by atoms with Gasteiger partial charge in [0.05, 0.1) is 16.8 Å². The number of aryl methyl sites for hydroxylation is 1. The molecule has 28 heavy (non-hydrogen) atoms. The lowest BCUT2D eigenvalue weighted by atomic mass is 10.2. The van der Waals surface area contributed by atoms with Crippen LogP contribution in [0.15, 0.2) is 64.2 Å². The Morgan fingerprint density at radius 1 is 1.18 bits per heavy atom. The first-order valence-corrected chi connectivity index (χ1v) is 9.19. The number of hydrogen-bond donors (Lipinski definition) is 1. The van der Waals surface area contributed by atoms with Gasteiger partial charge in [0.25, 0.3) is 11.6 Å². The minimum atomic E-state index is -0.513. The summed E-state index contributed by atoms with van der Waals surface area (Å²) in [5.74, 6) is -0.439. The van der Waals surface area contributed by atoms with Crippen molar-refractivity contribution in [3.8, 4) is 5.69 Å². The van der Waals surface area contributed by atoms with Gasteiger partial charge in [-0.3, -0.25) is 14.9 Å². The third-order valence-corrected chi connectivity index (χ3v) is 4.94. The monoisotopic (exact) mass is 440 g/mol. The van der Waals surface area contributed by atoms with Gasteiger partial charge in [-0.1, -0.05) is 12.1 Å². The predicted octanol–water partition coefficient (Wildman–Crippen LogP) is 4.53. The summed E-state index contributed by atoms with van der Waals surface area (Å²) in [5.41, 5.74) is 6.58. The average Bonchev–Trinajstić information content (AvgIpc) is 2.96. The SMILES string of the molecule is Cc1cc(/C=N\NC(=O)c2ccc([N+](=O)[O-])cc2)c(C)n1-c1ccccc1Br. The number of nitrogens with one attached hydrogen (secondary N) is 1. The maximum atomic E-state index is 12.1. The number of carbonyl (C=O) groups is 1. The number of rotatable bonds is 5. The molecule has 0 aliphatic rings. The molecule has 3 aromatic rings. The standard InChI is InChI=1S/C20H17BrN4O3/c1-13-11-16(14(2)24(13)19-6-4-3-5-18(19)21)12-22-23-20(26)15-7-9-17(10-8-15)25(27)28/h3-12H,1-2H3,(H,23,26)/b22-12-. The second kappa shape index (κ2) is 8.18. The van der Waals surface area contributed by atoms with Crippen molar-refractivity contribution in [3.63, 3.8) is 0 Å². The lowest BCUT2D eigenvalue weighted by Crippen LogP contribution is -2.17. The van der Waals surface area contributed by atoms with Gasteiger partial charge in [0.1, 0.15) is 0 Å². The van der Waals surface area contributed by atoms with Crippen molar-refractivity contribution < 1.29 is 9.72 Å². The van der Waals surface area contributed by atoms with E-state index in [9.17, 15) is 14.9 Å². The zero-order valence-electron chi connectivity index (χ0n) is 15.2. The van der Waals surface area contributed by atoms with Crippen molar-refractivity contribution in [1.82, 2.24) is 9.99 Å². The highest BCUT2D eigenvalue weighted by Gasteiger charge is 2.12. The van der Waals surface area contributed by atoms with E-state index in [1.807, 2.05) is 44.2 Å². The molecule has 1 aromatic heterocycles. The second-order valence-electron chi connectivity index (χ2n) is 6.12. The molecule has 1 amide bonds. The fourth-order valence-corrected chi connectivity index (χ4v) is 3.34. The van der Waals surface area contributed by atoms with E-state index >= 15 is 0 Å². The Balaban J connectivity index is 1.76. The van der Waals surface area contributed by atoms with Gasteiger partial charge < -0.3 is 4.57 Å². The minimum absolute atomic E-state index is 0.0698. The van der Waals surface area contributed by atoms with Crippen molar-refractivity contribution in [2.24, 2.45) is 5.10 Å². The van der Waals surface area contributed by atoms with Gasteiger partial charge >= 0.3 is 0 Å². The summed E-state index contributed by atoms with van der Waals surface area (Å²) in [7, 11) is 0. The molecule has 0 saturated carbocycles. The number of para-hydroxylation sites is 1. The molecule has 0 atom stereocenters. The molecule has 0 fully saturated rings. The molecule has 2 aromatic carbocycles. The van der Waals surface area contributed by atoms with Crippen molar-refractivity contribution in [2.75, 3.05) is 0 Å². The van der Waals surface area contributed by atoms with Crippen molar-refractivity contribution in [2.45, 2.75) is 13.8 Å². The second-order valence-corrected chi connectivity index (χ2v) is 6.97. The van der Waals surface area contributed by atoms with E-state index in [1.54, 1.807) is 6.21 Å². The molecule has 1 heterocycles. The molecule has 0 spiro atoms. The van der Waals surface area contributed by atoms with Gasteiger partial charge in [0.2, 0.25) is 0 Å². The first-order chi connectivity index (χ1) is 13.4. The number of nitro groups is 1. The molecule has 0 bridgehead atoms. The first-order valence-electron chi connectivity index (χ1n) is 8.40. The molecule has 7 nitrogen and oxygen atoms in total. The number of nitrogens with zero attached hydrogens (tertiary/aromatic N) is 3. The molecule has 3 rings (SSSR count). The van der Waals surface area contributed by atoms with E-state index in [2.05, 4.69) is 31.0 Å². The van der Waals surface area contributed by atoms with Crippen molar-refractivity contribution in [3.05, 3.63) is 91.7 Å². The molecule has 0 radical (unpaired) electrons. The van der Waals surface area contributed by atoms with Crippen LogP contribution in [-0.4, -0.2) is 21.6 Å². The quantitative estimate of drug-likeness (QED) is 0.359. The van der Waals surface area contributed by atoms with Gasteiger partial charge in [-0.2, -0.15) is 5.10 Å². The smallest absolute Gasteiger partial charge is 0.271 e.